The lowest BCUT2D eigenvalue weighted by molar-refractivity contribution is 0.140. The SMILES string of the molecule is CCNC(=NCCCN1CC(C)CC(C)C1)N1CCC(COC)C1.I. The van der Waals surface area contributed by atoms with Crippen LogP contribution in [0.1, 0.15) is 40.0 Å². The third-order valence-electron chi connectivity index (χ3n) is 5.16. The van der Waals surface area contributed by atoms with Gasteiger partial charge in [0.05, 0.1) is 6.61 Å². The molecule has 2 saturated heterocycles. The van der Waals surface area contributed by atoms with Gasteiger partial charge in [0.15, 0.2) is 5.96 Å². The summed E-state index contributed by atoms with van der Waals surface area (Å²) in [5.41, 5.74) is 0. The number of halogens is 1. The molecule has 0 radical (unpaired) electrons. The monoisotopic (exact) mass is 466 g/mol. The molecule has 0 aromatic carbocycles. The summed E-state index contributed by atoms with van der Waals surface area (Å²) in [6.45, 7) is 15.5. The summed E-state index contributed by atoms with van der Waals surface area (Å²) in [6, 6.07) is 0. The Bertz CT molecular complexity index is 384. The van der Waals surface area contributed by atoms with Gasteiger partial charge >= 0.3 is 0 Å². The van der Waals surface area contributed by atoms with E-state index in [1.54, 1.807) is 7.11 Å². The summed E-state index contributed by atoms with van der Waals surface area (Å²) in [6.07, 6.45) is 3.75. The standard InChI is InChI=1S/C19H38N4O.HI/c1-5-20-19(23-10-7-18(14-23)15-24-4)21-8-6-9-22-12-16(2)11-17(3)13-22;/h16-18H,5-15H2,1-4H3,(H,20,21);1H. The molecule has 2 fully saturated rings. The van der Waals surface area contributed by atoms with E-state index in [1.807, 2.05) is 0 Å². The van der Waals surface area contributed by atoms with Gasteiger partial charge in [0, 0.05) is 52.3 Å². The lowest BCUT2D eigenvalue weighted by Gasteiger charge is -2.34. The smallest absolute Gasteiger partial charge is 0.193 e. The second-order valence-corrected chi connectivity index (χ2v) is 7.85. The van der Waals surface area contributed by atoms with Gasteiger partial charge in [0.1, 0.15) is 0 Å². The number of methoxy groups -OCH3 is 1. The van der Waals surface area contributed by atoms with Gasteiger partial charge in [-0.05, 0) is 44.6 Å². The molecule has 1 N–H and O–H groups in total. The zero-order valence-electron chi connectivity index (χ0n) is 16.7. The van der Waals surface area contributed by atoms with E-state index in [0.717, 1.165) is 57.0 Å². The van der Waals surface area contributed by atoms with Crippen molar-refractivity contribution in [2.75, 3.05) is 59.5 Å². The van der Waals surface area contributed by atoms with E-state index in [-0.39, 0.29) is 24.0 Å². The largest absolute Gasteiger partial charge is 0.384 e. The van der Waals surface area contributed by atoms with Crippen molar-refractivity contribution in [3.8, 4) is 0 Å². The van der Waals surface area contributed by atoms with Crippen molar-refractivity contribution in [2.24, 2.45) is 22.7 Å². The lowest BCUT2D eigenvalue weighted by Crippen LogP contribution is -2.41. The minimum Gasteiger partial charge on any atom is -0.384 e. The Balaban J connectivity index is 0.00000312. The highest BCUT2D eigenvalue weighted by atomic mass is 127. The van der Waals surface area contributed by atoms with E-state index in [2.05, 4.69) is 35.9 Å². The van der Waals surface area contributed by atoms with Gasteiger partial charge in [-0.1, -0.05) is 13.8 Å². The molecule has 0 aromatic heterocycles. The molecule has 3 unspecified atom stereocenters. The Kier molecular flexibility index (Phi) is 11.3. The maximum Gasteiger partial charge on any atom is 0.193 e. The predicted molar refractivity (Wildman–Crippen MR) is 117 cm³/mol. The Morgan fingerprint density at radius 2 is 1.92 bits per heavy atom. The quantitative estimate of drug-likeness (QED) is 0.271. The van der Waals surface area contributed by atoms with Crippen LogP contribution in [-0.4, -0.2) is 75.3 Å². The number of likely N-dealkylation sites (tertiary alicyclic amines) is 2. The summed E-state index contributed by atoms with van der Waals surface area (Å²) in [4.78, 5) is 9.91. The Morgan fingerprint density at radius 3 is 2.56 bits per heavy atom. The number of hydrogen-bond acceptors (Lipinski definition) is 3. The average Bonchev–Trinajstić information content (AvgIpc) is 2.98. The van der Waals surface area contributed by atoms with Crippen molar-refractivity contribution < 1.29 is 4.74 Å². The minimum absolute atomic E-state index is 0. The van der Waals surface area contributed by atoms with E-state index in [4.69, 9.17) is 9.73 Å². The summed E-state index contributed by atoms with van der Waals surface area (Å²) >= 11 is 0. The molecule has 0 saturated carbocycles. The Labute approximate surface area is 172 Å². The summed E-state index contributed by atoms with van der Waals surface area (Å²) in [5.74, 6) is 3.43. The van der Waals surface area contributed by atoms with E-state index >= 15 is 0 Å². The van der Waals surface area contributed by atoms with Crippen molar-refractivity contribution >= 4 is 29.9 Å². The van der Waals surface area contributed by atoms with E-state index in [1.165, 1.54) is 32.5 Å². The maximum absolute atomic E-state index is 5.30. The topological polar surface area (TPSA) is 40.1 Å². The minimum atomic E-state index is 0. The molecule has 2 aliphatic heterocycles. The summed E-state index contributed by atoms with van der Waals surface area (Å²) in [5, 5.41) is 3.46. The maximum atomic E-state index is 5.30. The lowest BCUT2D eigenvalue weighted by atomic mass is 9.92. The van der Waals surface area contributed by atoms with Crippen molar-refractivity contribution in [1.82, 2.24) is 15.1 Å². The molecule has 2 aliphatic rings. The van der Waals surface area contributed by atoms with Gasteiger partial charge in [-0.3, -0.25) is 4.99 Å². The van der Waals surface area contributed by atoms with Crippen molar-refractivity contribution in [3.05, 3.63) is 0 Å². The fraction of sp³-hybridized carbons (Fsp3) is 0.947. The number of rotatable bonds is 7. The van der Waals surface area contributed by atoms with Crippen LogP contribution < -0.4 is 5.32 Å². The van der Waals surface area contributed by atoms with E-state index < -0.39 is 0 Å². The number of nitrogens with one attached hydrogen (secondary N) is 1. The zero-order chi connectivity index (χ0) is 17.4. The number of nitrogens with zero attached hydrogens (tertiary/aromatic N) is 3. The van der Waals surface area contributed by atoms with Crippen LogP contribution in [0.3, 0.4) is 0 Å². The number of piperidine rings is 1. The second-order valence-electron chi connectivity index (χ2n) is 7.85. The number of hydrogen-bond donors (Lipinski definition) is 1. The number of aliphatic imine (C=N–C) groups is 1. The predicted octanol–water partition coefficient (Wildman–Crippen LogP) is 2.91. The summed E-state index contributed by atoms with van der Waals surface area (Å²) < 4.78 is 5.30. The molecule has 6 heteroatoms. The van der Waals surface area contributed by atoms with Crippen LogP contribution in [0.5, 0.6) is 0 Å². The van der Waals surface area contributed by atoms with Gasteiger partial charge in [0.2, 0.25) is 0 Å². The molecule has 0 amide bonds. The normalized spacial score (nSPS) is 28.1. The van der Waals surface area contributed by atoms with Crippen LogP contribution in [0.15, 0.2) is 4.99 Å². The highest BCUT2D eigenvalue weighted by molar-refractivity contribution is 14.0. The van der Waals surface area contributed by atoms with Crippen LogP contribution in [-0.2, 0) is 4.74 Å². The molecule has 0 bridgehead atoms. The van der Waals surface area contributed by atoms with Crippen molar-refractivity contribution in [2.45, 2.75) is 40.0 Å². The van der Waals surface area contributed by atoms with Gasteiger partial charge in [0.25, 0.3) is 0 Å². The molecule has 2 heterocycles. The van der Waals surface area contributed by atoms with E-state index in [9.17, 15) is 0 Å². The third-order valence-corrected chi connectivity index (χ3v) is 5.16. The first-order valence-corrected chi connectivity index (χ1v) is 9.86. The molecule has 0 aliphatic carbocycles. The highest BCUT2D eigenvalue weighted by Crippen LogP contribution is 2.21. The van der Waals surface area contributed by atoms with Crippen LogP contribution in [0, 0.1) is 17.8 Å². The van der Waals surface area contributed by atoms with Crippen molar-refractivity contribution in [1.29, 1.82) is 0 Å². The zero-order valence-corrected chi connectivity index (χ0v) is 19.0. The molecular formula is C19H39IN4O. The second kappa shape index (κ2) is 12.3. The molecule has 0 spiro atoms. The van der Waals surface area contributed by atoms with E-state index in [0.29, 0.717) is 5.92 Å². The van der Waals surface area contributed by atoms with Gasteiger partial charge in [-0.25, -0.2) is 0 Å². The van der Waals surface area contributed by atoms with Crippen LogP contribution >= 0.6 is 24.0 Å². The average molecular weight is 466 g/mol. The molecule has 148 valence electrons. The van der Waals surface area contributed by atoms with Gasteiger partial charge < -0.3 is 19.9 Å². The Hall–Kier alpha value is -0.0800. The molecule has 0 aromatic rings. The fourth-order valence-corrected chi connectivity index (χ4v) is 4.28. The summed E-state index contributed by atoms with van der Waals surface area (Å²) in [7, 11) is 1.80. The number of ether oxygens (including phenoxy) is 1. The first kappa shape index (κ1) is 23.0. The molecular weight excluding hydrogens is 427 g/mol. The molecule has 5 nitrogen and oxygen atoms in total. The molecule has 2 rings (SSSR count). The van der Waals surface area contributed by atoms with Gasteiger partial charge in [-0.15, -0.1) is 24.0 Å². The third kappa shape index (κ3) is 7.99. The number of guanidine groups is 1. The van der Waals surface area contributed by atoms with Crippen LogP contribution in [0.2, 0.25) is 0 Å². The first-order chi connectivity index (χ1) is 11.6. The first-order valence-electron chi connectivity index (χ1n) is 9.86. The fourth-order valence-electron chi connectivity index (χ4n) is 4.28. The Morgan fingerprint density at radius 1 is 1.20 bits per heavy atom. The van der Waals surface area contributed by atoms with Crippen LogP contribution in [0.4, 0.5) is 0 Å². The highest BCUT2D eigenvalue weighted by Gasteiger charge is 2.25. The van der Waals surface area contributed by atoms with Crippen molar-refractivity contribution in [3.63, 3.8) is 0 Å². The molecule has 25 heavy (non-hydrogen) atoms. The molecule has 3 atom stereocenters. The van der Waals surface area contributed by atoms with Gasteiger partial charge in [-0.2, -0.15) is 0 Å². The van der Waals surface area contributed by atoms with Crippen LogP contribution in [0.25, 0.3) is 0 Å².